The predicted molar refractivity (Wildman–Crippen MR) is 111 cm³/mol. The molecule has 0 aliphatic rings. The molecule has 3 aromatic rings. The van der Waals surface area contributed by atoms with Crippen LogP contribution in [0.1, 0.15) is 11.1 Å². The average molecular weight is 435 g/mol. The minimum atomic E-state index is -2.88. The van der Waals surface area contributed by atoms with Crippen LogP contribution >= 0.6 is 11.6 Å². The van der Waals surface area contributed by atoms with Crippen molar-refractivity contribution in [3.05, 3.63) is 76.9 Å². The number of nitrogens with one attached hydrogen (secondary N) is 1. The molecule has 0 aliphatic carbocycles. The lowest BCUT2D eigenvalue weighted by Crippen LogP contribution is -2.30. The number of nitrogens with zero attached hydrogens (tertiary/aromatic N) is 3. The number of hydrogen-bond donors (Lipinski definition) is 1. The van der Waals surface area contributed by atoms with Crippen molar-refractivity contribution < 1.29 is 18.3 Å². The number of carbonyl (C=O) groups excluding carboxylic acids is 1. The lowest BCUT2D eigenvalue weighted by Gasteiger charge is -2.17. The second kappa shape index (κ2) is 10.2. The molecule has 0 atom stereocenters. The molecule has 2 aromatic carbocycles. The molecule has 6 nitrogen and oxygen atoms in total. The van der Waals surface area contributed by atoms with Gasteiger partial charge in [0.1, 0.15) is 11.6 Å². The molecule has 0 radical (unpaired) electrons. The Bertz CT molecular complexity index is 996. The first-order chi connectivity index (χ1) is 14.4. The van der Waals surface area contributed by atoms with Crippen molar-refractivity contribution in [2.24, 2.45) is 0 Å². The zero-order chi connectivity index (χ0) is 21.5. The quantitative estimate of drug-likeness (QED) is 0.546. The molecule has 9 heteroatoms. The molecule has 1 amide bonds. The number of carbonyl (C=O) groups is 1. The number of alkyl halides is 2. The van der Waals surface area contributed by atoms with Gasteiger partial charge >= 0.3 is 6.61 Å². The second-order valence-corrected chi connectivity index (χ2v) is 7.12. The summed E-state index contributed by atoms with van der Waals surface area (Å²) in [5, 5.41) is 7.71. The summed E-state index contributed by atoms with van der Waals surface area (Å²) in [6, 6.07) is 15.5. The third-order valence-corrected chi connectivity index (χ3v) is 4.62. The summed E-state index contributed by atoms with van der Waals surface area (Å²) in [5.41, 5.74) is 1.65. The highest BCUT2D eigenvalue weighted by Gasteiger charge is 2.12. The smallest absolute Gasteiger partial charge is 0.387 e. The van der Waals surface area contributed by atoms with Gasteiger partial charge in [-0.1, -0.05) is 41.9 Å². The number of benzene rings is 2. The van der Waals surface area contributed by atoms with E-state index in [0.29, 0.717) is 23.9 Å². The number of rotatable bonds is 9. The van der Waals surface area contributed by atoms with Gasteiger partial charge in [-0.15, -0.1) is 0 Å². The normalized spacial score (nSPS) is 11.1. The van der Waals surface area contributed by atoms with Gasteiger partial charge in [0, 0.05) is 17.6 Å². The van der Waals surface area contributed by atoms with Crippen molar-refractivity contribution in [2.45, 2.75) is 19.7 Å². The minimum Gasteiger partial charge on any atom is -0.435 e. The minimum absolute atomic E-state index is 0.0869. The van der Waals surface area contributed by atoms with Gasteiger partial charge in [-0.25, -0.2) is 4.68 Å². The van der Waals surface area contributed by atoms with E-state index >= 15 is 0 Å². The van der Waals surface area contributed by atoms with Crippen LogP contribution in [-0.2, 0) is 17.9 Å². The van der Waals surface area contributed by atoms with E-state index in [1.807, 2.05) is 18.2 Å². The van der Waals surface area contributed by atoms with E-state index in [4.69, 9.17) is 11.6 Å². The van der Waals surface area contributed by atoms with Gasteiger partial charge in [0.25, 0.3) is 0 Å². The Morgan fingerprint density at radius 3 is 2.80 bits per heavy atom. The molecule has 0 aliphatic heterocycles. The standard InChI is InChI=1S/C21H21ClF2N4O2/c1-27(12-15-5-4-7-17(11-15)30-21(23)24)14-20(29)26-19-9-10-25-28(19)13-16-6-2-3-8-18(16)22/h2-11,21H,12-14H2,1H3,(H,26,29). The van der Waals surface area contributed by atoms with Crippen LogP contribution in [0.5, 0.6) is 5.75 Å². The van der Waals surface area contributed by atoms with E-state index in [1.54, 1.807) is 47.1 Å². The van der Waals surface area contributed by atoms with Crippen LogP contribution in [0.3, 0.4) is 0 Å². The number of amides is 1. The monoisotopic (exact) mass is 434 g/mol. The number of hydrogen-bond acceptors (Lipinski definition) is 4. The maximum Gasteiger partial charge on any atom is 0.387 e. The van der Waals surface area contributed by atoms with Gasteiger partial charge < -0.3 is 10.1 Å². The lowest BCUT2D eigenvalue weighted by molar-refractivity contribution is -0.117. The fourth-order valence-electron chi connectivity index (χ4n) is 2.97. The predicted octanol–water partition coefficient (Wildman–Crippen LogP) is 4.26. The van der Waals surface area contributed by atoms with Crippen molar-refractivity contribution >= 4 is 23.3 Å². The molecule has 0 bridgehead atoms. The first kappa shape index (κ1) is 21.7. The third-order valence-electron chi connectivity index (χ3n) is 4.25. The number of aromatic nitrogens is 2. The van der Waals surface area contributed by atoms with E-state index in [1.165, 1.54) is 12.1 Å². The summed E-state index contributed by atoms with van der Waals surface area (Å²) in [5.74, 6) is 0.419. The van der Waals surface area contributed by atoms with Crippen molar-refractivity contribution in [1.82, 2.24) is 14.7 Å². The zero-order valence-electron chi connectivity index (χ0n) is 16.3. The molecular formula is C21H21ClF2N4O2. The van der Waals surface area contributed by atoms with E-state index in [-0.39, 0.29) is 18.2 Å². The van der Waals surface area contributed by atoms with Gasteiger partial charge in [-0.3, -0.25) is 9.69 Å². The van der Waals surface area contributed by atoms with E-state index < -0.39 is 6.61 Å². The Morgan fingerprint density at radius 1 is 1.23 bits per heavy atom. The van der Waals surface area contributed by atoms with Crippen LogP contribution in [0.2, 0.25) is 5.02 Å². The highest BCUT2D eigenvalue weighted by molar-refractivity contribution is 6.31. The second-order valence-electron chi connectivity index (χ2n) is 6.71. The Balaban J connectivity index is 1.56. The summed E-state index contributed by atoms with van der Waals surface area (Å²) in [6.45, 7) is -1.95. The van der Waals surface area contributed by atoms with E-state index in [2.05, 4.69) is 15.2 Å². The number of ether oxygens (including phenoxy) is 1. The van der Waals surface area contributed by atoms with Crippen molar-refractivity contribution in [3.63, 3.8) is 0 Å². The van der Waals surface area contributed by atoms with E-state index in [9.17, 15) is 13.6 Å². The van der Waals surface area contributed by atoms with Crippen LogP contribution in [0, 0.1) is 0 Å². The average Bonchev–Trinajstić information content (AvgIpc) is 3.09. The SMILES string of the molecule is CN(CC(=O)Nc1ccnn1Cc1ccccc1Cl)Cc1cccc(OC(F)F)c1. The van der Waals surface area contributed by atoms with Gasteiger partial charge in [-0.2, -0.15) is 13.9 Å². The number of likely N-dealkylation sites (N-methyl/N-ethyl adjacent to an activating group) is 1. The fourth-order valence-corrected chi connectivity index (χ4v) is 3.16. The maximum absolute atomic E-state index is 12.5. The van der Waals surface area contributed by atoms with Crippen LogP contribution < -0.4 is 10.1 Å². The van der Waals surface area contributed by atoms with E-state index in [0.717, 1.165) is 11.1 Å². The Hall–Kier alpha value is -2.97. The number of anilines is 1. The molecule has 1 heterocycles. The lowest BCUT2D eigenvalue weighted by atomic mass is 10.2. The van der Waals surface area contributed by atoms with Crippen molar-refractivity contribution in [1.29, 1.82) is 0 Å². The molecule has 3 rings (SSSR count). The molecule has 0 spiro atoms. The summed E-state index contributed by atoms with van der Waals surface area (Å²) in [7, 11) is 1.77. The summed E-state index contributed by atoms with van der Waals surface area (Å²) < 4.78 is 30.8. The summed E-state index contributed by atoms with van der Waals surface area (Å²) in [6.07, 6.45) is 1.60. The molecule has 0 fully saturated rings. The topological polar surface area (TPSA) is 59.4 Å². The summed E-state index contributed by atoms with van der Waals surface area (Å²) >= 11 is 6.20. The maximum atomic E-state index is 12.5. The van der Waals surface area contributed by atoms with Gasteiger partial charge in [0.2, 0.25) is 5.91 Å². The fraction of sp³-hybridized carbons (Fsp3) is 0.238. The van der Waals surface area contributed by atoms with Crippen LogP contribution in [0.15, 0.2) is 60.8 Å². The van der Waals surface area contributed by atoms with Crippen LogP contribution in [-0.4, -0.2) is 40.8 Å². The largest absolute Gasteiger partial charge is 0.435 e. The van der Waals surface area contributed by atoms with Gasteiger partial charge in [0.15, 0.2) is 0 Å². The Kier molecular flexibility index (Phi) is 7.37. The Labute approximate surface area is 178 Å². The molecule has 0 saturated heterocycles. The van der Waals surface area contributed by atoms with Crippen LogP contribution in [0.25, 0.3) is 0 Å². The highest BCUT2D eigenvalue weighted by atomic mass is 35.5. The Morgan fingerprint density at radius 2 is 2.03 bits per heavy atom. The molecule has 30 heavy (non-hydrogen) atoms. The number of halogens is 3. The van der Waals surface area contributed by atoms with Crippen molar-refractivity contribution in [2.75, 3.05) is 18.9 Å². The van der Waals surface area contributed by atoms with Gasteiger partial charge in [0.05, 0.1) is 19.3 Å². The molecule has 0 unspecified atom stereocenters. The molecule has 1 N–H and O–H groups in total. The van der Waals surface area contributed by atoms with Crippen molar-refractivity contribution in [3.8, 4) is 5.75 Å². The molecule has 0 saturated carbocycles. The first-order valence-corrected chi connectivity index (χ1v) is 9.56. The third kappa shape index (κ3) is 6.27. The highest BCUT2D eigenvalue weighted by Crippen LogP contribution is 2.19. The zero-order valence-corrected chi connectivity index (χ0v) is 17.0. The molecule has 1 aromatic heterocycles. The van der Waals surface area contributed by atoms with Gasteiger partial charge in [-0.05, 0) is 36.4 Å². The first-order valence-electron chi connectivity index (χ1n) is 9.18. The molecule has 158 valence electrons. The summed E-state index contributed by atoms with van der Waals surface area (Å²) in [4.78, 5) is 14.2. The van der Waals surface area contributed by atoms with Crippen LogP contribution in [0.4, 0.5) is 14.6 Å². The molecular weight excluding hydrogens is 414 g/mol.